The lowest BCUT2D eigenvalue weighted by molar-refractivity contribution is -0.113. The zero-order chi connectivity index (χ0) is 5.70. The highest BCUT2D eigenvalue weighted by Crippen LogP contribution is 1.60. The normalized spacial score (nSPS) is 9.14. The number of amides is 1. The molecule has 1 radical (unpaired) electrons. The second-order valence-electron chi connectivity index (χ2n) is 0.854. The van der Waals surface area contributed by atoms with E-state index in [1.165, 1.54) is 6.29 Å². The predicted octanol–water partition coefficient (Wildman–Crippen LogP) is -0.862. The summed E-state index contributed by atoms with van der Waals surface area (Å²) in [5.74, 6) is -0.636. The Bertz CT molecular complexity index is 106. The zero-order valence-electron chi connectivity index (χ0n) is 3.55. The van der Waals surface area contributed by atoms with E-state index in [9.17, 15) is 9.59 Å². The van der Waals surface area contributed by atoms with Gasteiger partial charge in [-0.1, -0.05) is 0 Å². The number of hydrogen-bond donors (Lipinski definition) is 1. The van der Waals surface area contributed by atoms with E-state index in [1.807, 2.05) is 0 Å². The lowest BCUT2D eigenvalue weighted by atomic mass is 10.5. The van der Waals surface area contributed by atoms with Crippen molar-refractivity contribution in [2.75, 3.05) is 0 Å². The van der Waals surface area contributed by atoms with Gasteiger partial charge >= 0.3 is 0 Å². The van der Waals surface area contributed by atoms with E-state index in [0.717, 1.165) is 12.2 Å². The van der Waals surface area contributed by atoms with E-state index >= 15 is 0 Å². The van der Waals surface area contributed by atoms with Crippen LogP contribution in [0, 0.1) is 0 Å². The van der Waals surface area contributed by atoms with E-state index in [2.05, 4.69) is 5.73 Å². The lowest BCUT2D eigenvalue weighted by Gasteiger charge is -1.69. The second kappa shape index (κ2) is 3.08. The molecular weight excluding hydrogens is 94.0 g/mol. The van der Waals surface area contributed by atoms with Crippen molar-refractivity contribution in [2.24, 2.45) is 5.73 Å². The zero-order valence-corrected chi connectivity index (χ0v) is 3.55. The molecular formula is C4H4NO2. The molecule has 1 amide bonds. The summed E-state index contributed by atoms with van der Waals surface area (Å²) >= 11 is 0. The summed E-state index contributed by atoms with van der Waals surface area (Å²) in [7, 11) is 0. The van der Waals surface area contributed by atoms with Gasteiger partial charge in [0.05, 0.1) is 0 Å². The fourth-order valence-electron chi connectivity index (χ4n) is 0.116. The Balaban J connectivity index is 3.46. The maximum Gasteiger partial charge on any atom is 0.241 e. The maximum absolute atomic E-state index is 9.71. The molecule has 0 bridgehead atoms. The minimum Gasteiger partial charge on any atom is -0.366 e. The Kier molecular flexibility index (Phi) is 2.59. The van der Waals surface area contributed by atoms with E-state index in [4.69, 9.17) is 0 Å². The van der Waals surface area contributed by atoms with Crippen molar-refractivity contribution < 1.29 is 9.59 Å². The second-order valence-corrected chi connectivity index (χ2v) is 0.854. The Morgan fingerprint density at radius 3 is 2.43 bits per heavy atom. The van der Waals surface area contributed by atoms with Gasteiger partial charge in [-0.25, -0.2) is 0 Å². The van der Waals surface area contributed by atoms with Crippen LogP contribution < -0.4 is 5.73 Å². The van der Waals surface area contributed by atoms with Gasteiger partial charge in [0.15, 0.2) is 0 Å². The number of carbonyl (C=O) groups is 1. The van der Waals surface area contributed by atoms with Gasteiger partial charge in [0.1, 0.15) is 0 Å². The first-order chi connectivity index (χ1) is 3.27. The third-order valence-electron chi connectivity index (χ3n) is 0.316. The molecule has 0 saturated carbocycles. The lowest BCUT2D eigenvalue weighted by Crippen LogP contribution is -2.05. The standard InChI is InChI=1S/C4H4NO2/c5-4(7)2-1-3-6/h1-2H,(H2,5,7). The van der Waals surface area contributed by atoms with Crippen LogP contribution in [0.3, 0.4) is 0 Å². The van der Waals surface area contributed by atoms with Crippen LogP contribution in [-0.4, -0.2) is 12.2 Å². The molecule has 3 nitrogen and oxygen atoms in total. The molecule has 0 fully saturated rings. The molecule has 0 aliphatic rings. The molecule has 3 heteroatoms. The molecule has 0 heterocycles. The van der Waals surface area contributed by atoms with Crippen LogP contribution in [0.15, 0.2) is 12.2 Å². The van der Waals surface area contributed by atoms with E-state index in [0.29, 0.717) is 0 Å². The molecule has 0 unspecified atom stereocenters. The topological polar surface area (TPSA) is 60.2 Å². The number of rotatable bonds is 2. The summed E-state index contributed by atoms with van der Waals surface area (Å²) in [6.45, 7) is 0. The van der Waals surface area contributed by atoms with Crippen LogP contribution in [0.1, 0.15) is 0 Å². The van der Waals surface area contributed by atoms with Crippen molar-refractivity contribution >= 4 is 12.2 Å². The first-order valence-electron chi connectivity index (χ1n) is 1.61. The van der Waals surface area contributed by atoms with Crippen molar-refractivity contribution in [2.45, 2.75) is 0 Å². The van der Waals surface area contributed by atoms with Crippen LogP contribution >= 0.6 is 0 Å². The third kappa shape index (κ3) is 4.88. The monoisotopic (exact) mass is 98.0 g/mol. The van der Waals surface area contributed by atoms with Crippen LogP contribution in [-0.2, 0) is 9.59 Å². The molecule has 0 saturated heterocycles. The van der Waals surface area contributed by atoms with Crippen molar-refractivity contribution in [1.29, 1.82) is 0 Å². The summed E-state index contributed by atoms with van der Waals surface area (Å²) in [6, 6.07) is 0. The van der Waals surface area contributed by atoms with Gasteiger partial charge in [-0.05, 0) is 6.08 Å². The predicted molar refractivity (Wildman–Crippen MR) is 24.0 cm³/mol. The fourth-order valence-corrected chi connectivity index (χ4v) is 0.116. The number of hydrogen-bond acceptors (Lipinski definition) is 2. The number of carbonyl (C=O) groups excluding carboxylic acids is 2. The van der Waals surface area contributed by atoms with Crippen molar-refractivity contribution in [1.82, 2.24) is 0 Å². The van der Waals surface area contributed by atoms with Gasteiger partial charge in [0.25, 0.3) is 0 Å². The van der Waals surface area contributed by atoms with Gasteiger partial charge in [0, 0.05) is 6.08 Å². The summed E-state index contributed by atoms with van der Waals surface area (Å²) in [5.41, 5.74) is 4.57. The fraction of sp³-hybridized carbons (Fsp3) is 0. The molecule has 2 N–H and O–H groups in total. The Morgan fingerprint density at radius 2 is 2.29 bits per heavy atom. The van der Waals surface area contributed by atoms with Crippen LogP contribution in [0.25, 0.3) is 0 Å². The molecule has 0 aromatic heterocycles. The molecule has 7 heavy (non-hydrogen) atoms. The molecule has 37 valence electrons. The summed E-state index contributed by atoms with van der Waals surface area (Å²) in [6.07, 6.45) is 3.22. The average Bonchev–Trinajstić information content (AvgIpc) is 1.61. The van der Waals surface area contributed by atoms with Crippen molar-refractivity contribution in [3.05, 3.63) is 12.2 Å². The van der Waals surface area contributed by atoms with Crippen molar-refractivity contribution in [3.63, 3.8) is 0 Å². The van der Waals surface area contributed by atoms with Crippen molar-refractivity contribution in [3.8, 4) is 0 Å². The highest BCUT2D eigenvalue weighted by molar-refractivity contribution is 5.89. The summed E-state index contributed by atoms with van der Waals surface area (Å²) in [4.78, 5) is 19.0. The van der Waals surface area contributed by atoms with Gasteiger partial charge < -0.3 is 5.73 Å². The van der Waals surface area contributed by atoms with E-state index < -0.39 is 5.91 Å². The minimum atomic E-state index is -0.636. The number of allylic oxidation sites excluding steroid dienone is 1. The highest BCUT2D eigenvalue weighted by Gasteiger charge is 1.76. The molecule has 0 aliphatic carbocycles. The largest absolute Gasteiger partial charge is 0.366 e. The van der Waals surface area contributed by atoms with Gasteiger partial charge in [-0.3, -0.25) is 9.59 Å². The first-order valence-corrected chi connectivity index (χ1v) is 1.61. The Hall–Kier alpha value is -1.12. The maximum atomic E-state index is 9.71. The average molecular weight is 98.1 g/mol. The summed E-state index contributed by atoms with van der Waals surface area (Å²) < 4.78 is 0. The first kappa shape index (κ1) is 5.88. The Labute approximate surface area is 40.8 Å². The van der Waals surface area contributed by atoms with Crippen LogP contribution in [0.2, 0.25) is 0 Å². The molecule has 0 spiro atoms. The molecule has 0 aromatic rings. The third-order valence-corrected chi connectivity index (χ3v) is 0.316. The van der Waals surface area contributed by atoms with Crippen LogP contribution in [0.4, 0.5) is 0 Å². The molecule has 0 aliphatic heterocycles. The van der Waals surface area contributed by atoms with Gasteiger partial charge in [0.2, 0.25) is 12.2 Å². The molecule has 0 rings (SSSR count). The highest BCUT2D eigenvalue weighted by atomic mass is 16.1. The van der Waals surface area contributed by atoms with E-state index in [-0.39, 0.29) is 0 Å². The van der Waals surface area contributed by atoms with Gasteiger partial charge in [-0.15, -0.1) is 0 Å². The van der Waals surface area contributed by atoms with E-state index in [1.54, 1.807) is 0 Å². The minimum absolute atomic E-state index is 0.636. The number of primary amides is 1. The Morgan fingerprint density at radius 1 is 1.71 bits per heavy atom. The molecule has 0 atom stereocenters. The number of nitrogens with two attached hydrogens (primary N) is 1. The smallest absolute Gasteiger partial charge is 0.241 e. The van der Waals surface area contributed by atoms with Gasteiger partial charge in [-0.2, -0.15) is 0 Å². The SMILES string of the molecule is NC(=O)C=C[C]=O. The van der Waals surface area contributed by atoms with Crippen LogP contribution in [0.5, 0.6) is 0 Å². The molecule has 0 aromatic carbocycles. The quantitative estimate of drug-likeness (QED) is 0.457. The summed E-state index contributed by atoms with van der Waals surface area (Å²) in [5, 5.41) is 0.